The summed E-state index contributed by atoms with van der Waals surface area (Å²) in [6.45, 7) is 2.38. The van der Waals surface area contributed by atoms with Gasteiger partial charge in [-0.25, -0.2) is 8.42 Å². The van der Waals surface area contributed by atoms with Gasteiger partial charge in [0.1, 0.15) is 0 Å². The number of hydrogen-bond donors (Lipinski definition) is 2. The van der Waals surface area contributed by atoms with Crippen LogP contribution in [0.4, 0.5) is 17.1 Å². The molecular formula is C24H24N4O5S. The maximum absolute atomic E-state index is 12.6. The number of anilines is 2. The minimum atomic E-state index is -4.01. The molecule has 2 N–H and O–H groups in total. The van der Waals surface area contributed by atoms with Gasteiger partial charge in [-0.05, 0) is 54.8 Å². The van der Waals surface area contributed by atoms with Crippen molar-refractivity contribution in [3.63, 3.8) is 0 Å². The molecule has 1 unspecified atom stereocenters. The van der Waals surface area contributed by atoms with Gasteiger partial charge in [0.15, 0.2) is 0 Å². The Kier molecular flexibility index (Phi) is 6.78. The van der Waals surface area contributed by atoms with E-state index in [2.05, 4.69) is 27.1 Å². The number of carbonyl (C=O) groups is 1. The van der Waals surface area contributed by atoms with E-state index in [1.54, 1.807) is 0 Å². The van der Waals surface area contributed by atoms with Crippen molar-refractivity contribution in [1.82, 2.24) is 5.32 Å². The molecule has 1 aliphatic rings. The van der Waals surface area contributed by atoms with Crippen LogP contribution in [-0.4, -0.2) is 38.9 Å². The van der Waals surface area contributed by atoms with Crippen LogP contribution in [-0.2, 0) is 10.0 Å². The first-order valence-electron chi connectivity index (χ1n) is 10.8. The van der Waals surface area contributed by atoms with E-state index in [0.29, 0.717) is 18.0 Å². The lowest BCUT2D eigenvalue weighted by Crippen LogP contribution is -2.31. The number of rotatable bonds is 8. The molecular weight excluding hydrogens is 456 g/mol. The molecule has 1 saturated heterocycles. The first kappa shape index (κ1) is 23.2. The van der Waals surface area contributed by atoms with Crippen molar-refractivity contribution in [2.24, 2.45) is 5.92 Å². The van der Waals surface area contributed by atoms with Crippen molar-refractivity contribution in [1.29, 1.82) is 0 Å². The fourth-order valence-electron chi connectivity index (χ4n) is 3.88. The highest BCUT2D eigenvalue weighted by atomic mass is 32.2. The number of nitrogens with one attached hydrogen (secondary N) is 2. The van der Waals surface area contributed by atoms with Crippen LogP contribution in [0.2, 0.25) is 0 Å². The average Bonchev–Trinajstić information content (AvgIpc) is 3.32. The summed E-state index contributed by atoms with van der Waals surface area (Å²) in [7, 11) is -4.01. The van der Waals surface area contributed by atoms with Crippen molar-refractivity contribution in [3.05, 3.63) is 94.5 Å². The number of non-ortho nitro benzene ring substituents is 1. The zero-order chi connectivity index (χ0) is 24.1. The number of para-hydroxylation sites is 1. The lowest BCUT2D eigenvalue weighted by atomic mass is 10.1. The quantitative estimate of drug-likeness (QED) is 0.375. The highest BCUT2D eigenvalue weighted by Crippen LogP contribution is 2.23. The van der Waals surface area contributed by atoms with Crippen LogP contribution in [0.15, 0.2) is 83.8 Å². The molecule has 0 bridgehead atoms. The van der Waals surface area contributed by atoms with Gasteiger partial charge in [-0.15, -0.1) is 0 Å². The number of nitro benzene ring substituents is 1. The molecule has 3 aromatic rings. The minimum Gasteiger partial charge on any atom is -0.371 e. The third kappa shape index (κ3) is 5.52. The van der Waals surface area contributed by atoms with E-state index in [4.69, 9.17) is 0 Å². The zero-order valence-electron chi connectivity index (χ0n) is 18.3. The largest absolute Gasteiger partial charge is 0.371 e. The first-order valence-corrected chi connectivity index (χ1v) is 12.3. The molecule has 0 saturated carbocycles. The summed E-state index contributed by atoms with van der Waals surface area (Å²) in [5.74, 6) is 0.122. The molecule has 10 heteroatoms. The standard InChI is InChI=1S/C24H24N4O5S/c29-24(25-16-18-13-14-27(17-18)21-5-2-1-3-6-21)19-9-11-20(12-10-19)26-34(32,33)23-8-4-7-22(15-23)28(30)31/h1-12,15,18,26H,13-14,16-17H2,(H,25,29). The van der Waals surface area contributed by atoms with Gasteiger partial charge in [0.2, 0.25) is 0 Å². The van der Waals surface area contributed by atoms with Crippen LogP contribution in [0.25, 0.3) is 0 Å². The van der Waals surface area contributed by atoms with Crippen molar-refractivity contribution in [3.8, 4) is 0 Å². The molecule has 1 atom stereocenters. The van der Waals surface area contributed by atoms with E-state index in [-0.39, 0.29) is 22.2 Å². The second-order valence-electron chi connectivity index (χ2n) is 8.08. The second-order valence-corrected chi connectivity index (χ2v) is 9.77. The van der Waals surface area contributed by atoms with Crippen LogP contribution in [0.5, 0.6) is 0 Å². The van der Waals surface area contributed by atoms with Gasteiger partial charge in [-0.3, -0.25) is 19.6 Å². The summed E-state index contributed by atoms with van der Waals surface area (Å²) in [6.07, 6.45) is 0.994. The van der Waals surface area contributed by atoms with Gasteiger partial charge >= 0.3 is 0 Å². The third-order valence-electron chi connectivity index (χ3n) is 5.70. The topological polar surface area (TPSA) is 122 Å². The molecule has 176 valence electrons. The van der Waals surface area contributed by atoms with Crippen molar-refractivity contribution < 1.29 is 18.1 Å². The fraction of sp³-hybridized carbons (Fsp3) is 0.208. The maximum Gasteiger partial charge on any atom is 0.270 e. The third-order valence-corrected chi connectivity index (χ3v) is 7.08. The number of nitrogens with zero attached hydrogens (tertiary/aromatic N) is 2. The molecule has 1 aliphatic heterocycles. The van der Waals surface area contributed by atoms with Crippen LogP contribution in [0, 0.1) is 16.0 Å². The summed E-state index contributed by atoms with van der Waals surface area (Å²) in [4.78, 5) is 24.9. The molecule has 1 fully saturated rings. The number of amides is 1. The van der Waals surface area contributed by atoms with E-state index in [9.17, 15) is 23.3 Å². The highest BCUT2D eigenvalue weighted by Gasteiger charge is 2.23. The van der Waals surface area contributed by atoms with Gasteiger partial charge < -0.3 is 10.2 Å². The molecule has 0 aromatic heterocycles. The molecule has 9 nitrogen and oxygen atoms in total. The summed E-state index contributed by atoms with van der Waals surface area (Å²) < 4.78 is 27.5. The molecule has 4 rings (SSSR count). The number of sulfonamides is 1. The normalized spacial score (nSPS) is 15.6. The van der Waals surface area contributed by atoms with Gasteiger partial charge in [0, 0.05) is 48.7 Å². The van der Waals surface area contributed by atoms with E-state index < -0.39 is 14.9 Å². The van der Waals surface area contributed by atoms with Crippen molar-refractivity contribution >= 4 is 33.0 Å². The van der Waals surface area contributed by atoms with Gasteiger partial charge in [0.05, 0.1) is 9.82 Å². The smallest absolute Gasteiger partial charge is 0.270 e. The van der Waals surface area contributed by atoms with E-state index in [0.717, 1.165) is 25.6 Å². The Hall–Kier alpha value is -3.92. The number of carbonyl (C=O) groups excluding carboxylic acids is 1. The second kappa shape index (κ2) is 9.92. The minimum absolute atomic E-state index is 0.218. The van der Waals surface area contributed by atoms with Crippen molar-refractivity contribution in [2.45, 2.75) is 11.3 Å². The maximum atomic E-state index is 12.6. The van der Waals surface area contributed by atoms with E-state index >= 15 is 0 Å². The monoisotopic (exact) mass is 480 g/mol. The SMILES string of the molecule is O=C(NCC1CCN(c2ccccc2)C1)c1ccc(NS(=O)(=O)c2cccc([N+](=O)[O-])c2)cc1. The Bertz CT molecular complexity index is 1280. The molecule has 0 radical (unpaired) electrons. The predicted octanol–water partition coefficient (Wildman–Crippen LogP) is 3.65. The van der Waals surface area contributed by atoms with Crippen LogP contribution in [0.3, 0.4) is 0 Å². The lowest BCUT2D eigenvalue weighted by molar-refractivity contribution is -0.385. The molecule has 1 amide bonds. The zero-order valence-corrected chi connectivity index (χ0v) is 19.1. The van der Waals surface area contributed by atoms with E-state index in [1.807, 2.05) is 18.2 Å². The van der Waals surface area contributed by atoms with Gasteiger partial charge in [-0.1, -0.05) is 24.3 Å². The number of nitro groups is 1. The Morgan fingerprint density at radius 3 is 2.47 bits per heavy atom. The molecule has 0 aliphatic carbocycles. The van der Waals surface area contributed by atoms with Gasteiger partial charge in [-0.2, -0.15) is 0 Å². The Labute approximate surface area is 197 Å². The summed E-state index contributed by atoms with van der Waals surface area (Å²) in [5.41, 5.74) is 1.53. The Balaban J connectivity index is 1.32. The van der Waals surface area contributed by atoms with Crippen molar-refractivity contribution in [2.75, 3.05) is 29.3 Å². The first-order chi connectivity index (χ1) is 16.3. The molecule has 3 aromatic carbocycles. The highest BCUT2D eigenvalue weighted by molar-refractivity contribution is 7.92. The van der Waals surface area contributed by atoms with E-state index in [1.165, 1.54) is 48.2 Å². The average molecular weight is 481 g/mol. The molecule has 1 heterocycles. The molecule has 0 spiro atoms. The number of hydrogen-bond acceptors (Lipinski definition) is 6. The Morgan fingerprint density at radius 2 is 1.76 bits per heavy atom. The summed E-state index contributed by atoms with van der Waals surface area (Å²) in [5, 5.41) is 13.9. The van der Waals surface area contributed by atoms with Crippen LogP contribution < -0.4 is 14.9 Å². The predicted molar refractivity (Wildman–Crippen MR) is 129 cm³/mol. The summed E-state index contributed by atoms with van der Waals surface area (Å²) in [6, 6.07) is 21.0. The van der Waals surface area contributed by atoms with Crippen LogP contribution in [0.1, 0.15) is 16.8 Å². The number of benzene rings is 3. The molecule has 34 heavy (non-hydrogen) atoms. The van der Waals surface area contributed by atoms with Crippen LogP contribution >= 0.6 is 0 Å². The fourth-order valence-corrected chi connectivity index (χ4v) is 4.98. The summed E-state index contributed by atoms with van der Waals surface area (Å²) >= 11 is 0. The lowest BCUT2D eigenvalue weighted by Gasteiger charge is -2.18. The van der Waals surface area contributed by atoms with Gasteiger partial charge in [0.25, 0.3) is 21.6 Å². The Morgan fingerprint density at radius 1 is 1.03 bits per heavy atom.